The molecule has 0 aromatic heterocycles. The number of nitrogens with one attached hydrogen (secondary N) is 1. The third kappa shape index (κ3) is 15.3. The average Bonchev–Trinajstić information content (AvgIpc) is 2.96. The maximum absolute atomic E-state index is 12.1. The molecule has 0 atom stereocenters. The van der Waals surface area contributed by atoms with E-state index in [9.17, 15) is 29.8 Å². The molecule has 0 spiro atoms. The van der Waals surface area contributed by atoms with Crippen LogP contribution in [0.25, 0.3) is 0 Å². The summed E-state index contributed by atoms with van der Waals surface area (Å²) in [5.74, 6) is 0. The van der Waals surface area contributed by atoms with E-state index in [4.69, 9.17) is 9.47 Å². The highest BCUT2D eigenvalue weighted by Crippen LogP contribution is 2.25. The first-order valence-electron chi connectivity index (χ1n) is 15.3. The van der Waals surface area contributed by atoms with Gasteiger partial charge in [-0.3, -0.25) is 20.2 Å². The maximum Gasteiger partial charge on any atom is 0.410 e. The number of nitro benzene ring substituents is 2. The van der Waals surface area contributed by atoms with E-state index in [0.29, 0.717) is 26.2 Å². The number of piperazine rings is 2. The van der Waals surface area contributed by atoms with Gasteiger partial charge < -0.3 is 29.5 Å². The molecule has 0 radical (unpaired) electrons. The van der Waals surface area contributed by atoms with Crippen LogP contribution in [0.3, 0.4) is 0 Å². The summed E-state index contributed by atoms with van der Waals surface area (Å²) < 4.78 is 11.3. The van der Waals surface area contributed by atoms with E-state index in [1.807, 2.05) is 67.5 Å². The Morgan fingerprint density at radius 3 is 1.54 bits per heavy atom. The van der Waals surface area contributed by atoms with Gasteiger partial charge in [0.2, 0.25) is 0 Å². The molecule has 268 valence electrons. The molecule has 0 aliphatic carbocycles. The molecule has 15 heteroatoms. The van der Waals surface area contributed by atoms with Gasteiger partial charge in [0.05, 0.1) is 9.85 Å². The summed E-state index contributed by atoms with van der Waals surface area (Å²) in [4.78, 5) is 49.5. The third-order valence-corrected chi connectivity index (χ3v) is 7.02. The minimum Gasteiger partial charge on any atom is -0.444 e. The predicted octanol–water partition coefficient (Wildman–Crippen LogP) is 7.09. The summed E-state index contributed by atoms with van der Waals surface area (Å²) in [6.45, 7) is 20.4. The molecule has 2 amide bonds. The first-order valence-corrected chi connectivity index (χ1v) is 16.1. The van der Waals surface area contributed by atoms with E-state index >= 15 is 0 Å². The quantitative estimate of drug-likeness (QED) is 0.254. The van der Waals surface area contributed by atoms with E-state index in [0.717, 1.165) is 47.5 Å². The SMILES string of the molecule is C.CC(C)(C)OC(=O)N1CCNCC1.Cc1cc(Br)cc([N+](=O)[O-])c1.Cc1cc(N2CCN(C(=O)OC(C)(C)C)CC2)cc([N+](=O)[O-])c1. The normalized spacial score (nSPS) is 14.6. The number of ether oxygens (including phenoxy) is 2. The molecule has 2 heterocycles. The molecule has 4 rings (SSSR count). The van der Waals surface area contributed by atoms with Crippen molar-refractivity contribution in [1.82, 2.24) is 15.1 Å². The zero-order valence-electron chi connectivity index (χ0n) is 28.5. The number of nitrogens with zero attached hydrogens (tertiary/aromatic N) is 5. The van der Waals surface area contributed by atoms with E-state index in [2.05, 4.69) is 26.1 Å². The number of hydrogen-bond donors (Lipinski definition) is 1. The fraction of sp³-hybridized carbons (Fsp3) is 0.576. The van der Waals surface area contributed by atoms with Crippen molar-refractivity contribution in [2.75, 3.05) is 57.3 Å². The Hall–Kier alpha value is -3.98. The number of non-ortho nitro benzene ring substituents is 2. The smallest absolute Gasteiger partial charge is 0.410 e. The van der Waals surface area contributed by atoms with Gasteiger partial charge in [0, 0.05) is 86.8 Å². The summed E-state index contributed by atoms with van der Waals surface area (Å²) in [5.41, 5.74) is 1.87. The zero-order chi connectivity index (χ0) is 35.5. The molecule has 48 heavy (non-hydrogen) atoms. The lowest BCUT2D eigenvalue weighted by Gasteiger charge is -2.36. The van der Waals surface area contributed by atoms with Crippen molar-refractivity contribution in [3.05, 3.63) is 72.2 Å². The van der Waals surface area contributed by atoms with Gasteiger partial charge in [-0.25, -0.2) is 9.59 Å². The highest BCUT2D eigenvalue weighted by molar-refractivity contribution is 9.10. The minimum atomic E-state index is -0.509. The molecule has 0 saturated carbocycles. The number of nitro groups is 2. The van der Waals surface area contributed by atoms with Crippen LogP contribution in [0.15, 0.2) is 40.9 Å². The van der Waals surface area contributed by atoms with Gasteiger partial charge in [-0.2, -0.15) is 0 Å². The van der Waals surface area contributed by atoms with Crippen molar-refractivity contribution in [2.45, 2.75) is 74.0 Å². The van der Waals surface area contributed by atoms with E-state index < -0.39 is 10.5 Å². The van der Waals surface area contributed by atoms with Crippen molar-refractivity contribution in [1.29, 1.82) is 0 Å². The Morgan fingerprint density at radius 2 is 1.12 bits per heavy atom. The van der Waals surface area contributed by atoms with Crippen molar-refractivity contribution in [2.24, 2.45) is 0 Å². The molecule has 2 aliphatic heterocycles. The largest absolute Gasteiger partial charge is 0.444 e. The lowest BCUT2D eigenvalue weighted by atomic mass is 10.1. The Bertz CT molecular complexity index is 1380. The molecule has 2 aliphatic rings. The number of benzene rings is 2. The first kappa shape index (κ1) is 42.0. The van der Waals surface area contributed by atoms with Crippen LogP contribution >= 0.6 is 15.9 Å². The average molecular weight is 740 g/mol. The van der Waals surface area contributed by atoms with E-state index in [1.165, 1.54) is 12.1 Å². The molecule has 0 unspecified atom stereocenters. The van der Waals surface area contributed by atoms with Gasteiger partial charge in [-0.05, 0) is 78.6 Å². The number of aryl methyl sites for hydroxylation is 2. The second-order valence-electron chi connectivity index (χ2n) is 13.2. The Morgan fingerprint density at radius 1 is 0.708 bits per heavy atom. The van der Waals surface area contributed by atoms with Gasteiger partial charge in [0.15, 0.2) is 0 Å². The summed E-state index contributed by atoms with van der Waals surface area (Å²) >= 11 is 3.18. The van der Waals surface area contributed by atoms with Gasteiger partial charge in [0.1, 0.15) is 11.2 Å². The van der Waals surface area contributed by atoms with Gasteiger partial charge in [-0.1, -0.05) is 23.4 Å². The Balaban J connectivity index is 0.000000391. The molecule has 14 nitrogen and oxygen atoms in total. The topological polar surface area (TPSA) is 161 Å². The molecule has 0 bridgehead atoms. The van der Waals surface area contributed by atoms with Crippen LogP contribution in [0, 0.1) is 34.1 Å². The molecule has 2 aromatic carbocycles. The molecule has 2 saturated heterocycles. The van der Waals surface area contributed by atoms with Gasteiger partial charge in [0.25, 0.3) is 11.4 Å². The van der Waals surface area contributed by atoms with Crippen LogP contribution in [0.1, 0.15) is 60.1 Å². The molecule has 2 aromatic rings. The fourth-order valence-corrected chi connectivity index (χ4v) is 5.10. The van der Waals surface area contributed by atoms with Crippen molar-refractivity contribution in [3.8, 4) is 0 Å². The minimum absolute atomic E-state index is 0. The molecular formula is C33H51BrN6O8. The van der Waals surface area contributed by atoms with E-state index in [-0.39, 0.29) is 41.5 Å². The second kappa shape index (κ2) is 18.5. The zero-order valence-corrected chi connectivity index (χ0v) is 30.1. The van der Waals surface area contributed by atoms with Crippen LogP contribution in [0.2, 0.25) is 0 Å². The van der Waals surface area contributed by atoms with E-state index in [1.54, 1.807) is 21.9 Å². The van der Waals surface area contributed by atoms with Crippen molar-refractivity contribution in [3.63, 3.8) is 0 Å². The standard InChI is InChI=1S/C16H23N3O4.C9H18N2O2.C7H6BrNO2.CH4/c1-12-9-13(11-14(10-12)19(21)22)17-5-7-18(8-6-17)15(20)23-16(2,3)4;1-9(2,3)13-8(12)11-6-4-10-5-7-11;1-5-2-6(8)4-7(3-5)9(10)11;/h9-11H,5-8H2,1-4H3;10H,4-7H2,1-3H3;2-4H,1H3;1H4. The fourth-order valence-electron chi connectivity index (χ4n) is 4.50. The summed E-state index contributed by atoms with van der Waals surface area (Å²) in [5, 5.41) is 24.5. The van der Waals surface area contributed by atoms with Crippen molar-refractivity contribution < 1.29 is 28.9 Å². The van der Waals surface area contributed by atoms with Gasteiger partial charge >= 0.3 is 12.2 Å². The summed E-state index contributed by atoms with van der Waals surface area (Å²) in [7, 11) is 0. The first-order chi connectivity index (χ1) is 21.7. The van der Waals surface area contributed by atoms with Crippen LogP contribution in [-0.4, -0.2) is 95.4 Å². The molecule has 1 N–H and O–H groups in total. The highest BCUT2D eigenvalue weighted by atomic mass is 79.9. The second-order valence-corrected chi connectivity index (χ2v) is 14.1. The number of rotatable bonds is 3. The van der Waals surface area contributed by atoms with Gasteiger partial charge in [-0.15, -0.1) is 0 Å². The third-order valence-electron chi connectivity index (χ3n) is 6.56. The number of carbonyl (C=O) groups is 2. The summed E-state index contributed by atoms with van der Waals surface area (Å²) in [6, 6.07) is 9.90. The lowest BCUT2D eigenvalue weighted by Crippen LogP contribution is -2.50. The van der Waals surface area contributed by atoms with Crippen LogP contribution in [-0.2, 0) is 9.47 Å². The predicted molar refractivity (Wildman–Crippen MR) is 191 cm³/mol. The number of anilines is 1. The van der Waals surface area contributed by atoms with Crippen molar-refractivity contribution >= 4 is 45.2 Å². The van der Waals surface area contributed by atoms with Crippen LogP contribution < -0.4 is 10.2 Å². The lowest BCUT2D eigenvalue weighted by molar-refractivity contribution is -0.385. The molecule has 2 fully saturated rings. The Kier molecular flexibility index (Phi) is 16.2. The van der Waals surface area contributed by atoms with Crippen LogP contribution in [0.4, 0.5) is 26.7 Å². The summed E-state index contributed by atoms with van der Waals surface area (Å²) in [6.07, 6.45) is -0.513. The Labute approximate surface area is 292 Å². The number of amides is 2. The number of halogens is 1. The number of hydrogen-bond acceptors (Lipinski definition) is 10. The van der Waals surface area contributed by atoms with Crippen LogP contribution in [0.5, 0.6) is 0 Å². The highest BCUT2D eigenvalue weighted by Gasteiger charge is 2.27. The molecular weight excluding hydrogens is 688 g/mol. The monoisotopic (exact) mass is 738 g/mol. The number of carbonyl (C=O) groups excluding carboxylic acids is 2. The maximum atomic E-state index is 12.1.